The molecule has 0 unspecified atom stereocenters. The van der Waals surface area contributed by atoms with Crippen LogP contribution in [0.3, 0.4) is 0 Å². The number of aromatic nitrogens is 1. The fourth-order valence-electron chi connectivity index (χ4n) is 13.3. The molecule has 0 radical (unpaired) electrons. The van der Waals surface area contributed by atoms with Crippen LogP contribution in [0.5, 0.6) is 0 Å². The van der Waals surface area contributed by atoms with Crippen molar-refractivity contribution in [3.8, 4) is 0 Å². The van der Waals surface area contributed by atoms with Crippen molar-refractivity contribution in [3.63, 3.8) is 0 Å². The quantitative estimate of drug-likeness (QED) is 0.0579. The maximum absolute atomic E-state index is 16.1. The Hall–Kier alpha value is -3.64. The first-order valence-corrected chi connectivity index (χ1v) is 24.7. The van der Waals surface area contributed by atoms with E-state index < -0.39 is 58.7 Å². The second-order valence-electron chi connectivity index (χ2n) is 21.3. The Bertz CT molecular complexity index is 2200. The van der Waals surface area contributed by atoms with Crippen molar-refractivity contribution in [3.05, 3.63) is 63.7 Å². The molecule has 3 heterocycles. The van der Waals surface area contributed by atoms with E-state index in [1.165, 1.54) is 64.2 Å². The average molecular weight is 889 g/mol. The molecule has 7 atom stereocenters. The van der Waals surface area contributed by atoms with Crippen LogP contribution in [0.15, 0.2) is 46.7 Å². The number of hydrogen-bond acceptors (Lipinski definition) is 7. The Morgan fingerprint density at radius 3 is 2.11 bits per heavy atom. The van der Waals surface area contributed by atoms with Crippen LogP contribution < -0.4 is 0 Å². The second-order valence-corrected chi connectivity index (χ2v) is 21.3. The number of Topliss-reactive ketones (excluding diaryl/α,β-unsaturated/α-hetero) is 1. The van der Waals surface area contributed by atoms with E-state index in [0.717, 1.165) is 28.2 Å². The summed E-state index contributed by atoms with van der Waals surface area (Å²) in [6.07, 6.45) is 21.9. The molecule has 4 aliphatic carbocycles. The standard InChI is InChI=1S/C52H75BF2N2O7/c1-10-11-12-13-14-15-16-17-18-19-20-21-22-23-44(59)64-51-30-36(5)52(62)41(47(51)49(51,8)9)29-39(31-50(61)42(52)28-35(4)48(50)60)32-63-43(58)25-24-40-45-33(2)26-37(6)56(45)53(54,55)57-38(7)27-34(3)46(40)57/h26-29,36,41-42,47,61-62H,10-25,30-32H2,1-9H3/t36-,41+,42-,47-,50-,51+,52-/m1/s1. The lowest BCUT2D eigenvalue weighted by Crippen LogP contribution is -2.61. The van der Waals surface area contributed by atoms with Crippen LogP contribution in [-0.4, -0.2) is 73.0 Å². The van der Waals surface area contributed by atoms with Gasteiger partial charge in [0.1, 0.15) is 23.5 Å². The van der Waals surface area contributed by atoms with E-state index in [1.54, 1.807) is 39.0 Å². The number of carbonyl (C=O) groups excluding carboxylic acids is 3. The van der Waals surface area contributed by atoms with Crippen molar-refractivity contribution in [2.45, 2.75) is 195 Å². The zero-order valence-corrected chi connectivity index (χ0v) is 40.2. The molecule has 0 bridgehead atoms. The molecular formula is C52H75BF2N2O7. The van der Waals surface area contributed by atoms with E-state index in [1.807, 2.05) is 26.8 Å². The highest BCUT2D eigenvalue weighted by atomic mass is 19.2. The summed E-state index contributed by atoms with van der Waals surface area (Å²) in [7, 11) is 0. The Kier molecular flexibility index (Phi) is 13.7. The number of ketones is 1. The van der Waals surface area contributed by atoms with Gasteiger partial charge in [-0.1, -0.05) is 117 Å². The first-order chi connectivity index (χ1) is 30.2. The minimum Gasteiger partial charge on any atom is -0.461 e. The van der Waals surface area contributed by atoms with Crippen molar-refractivity contribution >= 4 is 36.0 Å². The van der Waals surface area contributed by atoms with Gasteiger partial charge in [0.2, 0.25) is 0 Å². The van der Waals surface area contributed by atoms with Gasteiger partial charge < -0.3 is 37.3 Å². The summed E-state index contributed by atoms with van der Waals surface area (Å²) in [5.41, 5.74) is -0.133. The summed E-state index contributed by atoms with van der Waals surface area (Å²) in [5.74, 6) is -3.53. The fourth-order valence-corrected chi connectivity index (χ4v) is 13.3. The topological polar surface area (TPSA) is 118 Å². The zero-order chi connectivity index (χ0) is 46.6. The Morgan fingerprint density at radius 1 is 0.875 bits per heavy atom. The lowest BCUT2D eigenvalue weighted by molar-refractivity contribution is -0.363. The number of fused-ring (bicyclic) bond motifs is 7. The van der Waals surface area contributed by atoms with Crippen LogP contribution in [0.25, 0.3) is 5.57 Å². The first-order valence-electron chi connectivity index (χ1n) is 24.7. The Balaban J connectivity index is 1.02. The lowest BCUT2D eigenvalue weighted by atomic mass is 9.60. The number of aryl methyl sites for hydroxylation is 2. The highest BCUT2D eigenvalue weighted by Crippen LogP contribution is 2.76. The van der Waals surface area contributed by atoms with Gasteiger partial charge in [-0.2, -0.15) is 0 Å². The molecule has 0 aromatic carbocycles. The lowest BCUT2D eigenvalue weighted by Gasteiger charge is -2.50. The number of nitrogens with zero attached hydrogens (tertiary/aromatic N) is 2. The Labute approximate surface area is 380 Å². The van der Waals surface area contributed by atoms with E-state index in [4.69, 9.17) is 9.47 Å². The number of carbonyl (C=O) groups is 3. The third-order valence-corrected chi connectivity index (χ3v) is 16.5. The molecule has 1 aromatic rings. The van der Waals surface area contributed by atoms with Crippen LogP contribution in [0, 0.1) is 42.9 Å². The van der Waals surface area contributed by atoms with Gasteiger partial charge >= 0.3 is 18.9 Å². The van der Waals surface area contributed by atoms with E-state index in [9.17, 15) is 24.6 Å². The first kappa shape index (κ1) is 48.3. The number of unbranched alkanes of at least 4 members (excludes halogenated alkanes) is 12. The van der Waals surface area contributed by atoms with Crippen LogP contribution in [0.4, 0.5) is 8.63 Å². The van der Waals surface area contributed by atoms with Crippen molar-refractivity contribution in [2.24, 2.45) is 29.1 Å². The number of halogens is 2. The fraction of sp³-hybridized carbons (Fsp3) is 0.692. The second kappa shape index (κ2) is 18.2. The predicted molar refractivity (Wildman–Crippen MR) is 248 cm³/mol. The third kappa shape index (κ3) is 8.17. The van der Waals surface area contributed by atoms with Crippen LogP contribution >= 0.6 is 0 Å². The van der Waals surface area contributed by atoms with Gasteiger partial charge in [-0.3, -0.25) is 14.4 Å². The molecule has 12 heteroatoms. The molecule has 352 valence electrons. The maximum Gasteiger partial charge on any atom is 0.737 e. The number of ether oxygens (including phenoxy) is 2. The molecule has 0 amide bonds. The van der Waals surface area contributed by atoms with Gasteiger partial charge in [-0.05, 0) is 81.3 Å². The van der Waals surface area contributed by atoms with Gasteiger partial charge in [0.15, 0.2) is 11.5 Å². The smallest absolute Gasteiger partial charge is 0.461 e. The summed E-state index contributed by atoms with van der Waals surface area (Å²) in [6.45, 7) is 12.6. The van der Waals surface area contributed by atoms with Crippen molar-refractivity contribution in [1.82, 2.24) is 4.48 Å². The van der Waals surface area contributed by atoms with Crippen LogP contribution in [-0.2, 0) is 23.9 Å². The molecule has 2 saturated carbocycles. The summed E-state index contributed by atoms with van der Waals surface area (Å²) < 4.78 is 46.9. The minimum absolute atomic E-state index is 0.0839. The van der Waals surface area contributed by atoms with Gasteiger partial charge in [0.25, 0.3) is 0 Å². The highest BCUT2D eigenvalue weighted by molar-refractivity contribution is 6.58. The van der Waals surface area contributed by atoms with E-state index in [-0.39, 0.29) is 37.8 Å². The maximum atomic E-state index is 16.1. The van der Waals surface area contributed by atoms with E-state index >= 15 is 8.63 Å². The van der Waals surface area contributed by atoms with E-state index in [0.29, 0.717) is 63.5 Å². The molecular weight excluding hydrogens is 813 g/mol. The number of esters is 2. The monoisotopic (exact) mass is 889 g/mol. The average Bonchev–Trinajstić information content (AvgIpc) is 3.44. The van der Waals surface area contributed by atoms with E-state index in [2.05, 4.69) is 20.8 Å². The molecule has 2 aliphatic heterocycles. The molecule has 0 saturated heterocycles. The molecule has 2 N–H and O–H groups in total. The summed E-state index contributed by atoms with van der Waals surface area (Å²) in [5, 5.41) is 25.3. The van der Waals surface area contributed by atoms with Gasteiger partial charge in [0, 0.05) is 72.3 Å². The van der Waals surface area contributed by atoms with Crippen LogP contribution in [0.2, 0.25) is 0 Å². The van der Waals surface area contributed by atoms with Gasteiger partial charge in [0.05, 0.1) is 5.60 Å². The zero-order valence-electron chi connectivity index (χ0n) is 40.2. The van der Waals surface area contributed by atoms with Gasteiger partial charge in [-0.25, -0.2) is 0 Å². The number of hydrogen-bond donors (Lipinski definition) is 2. The molecule has 6 aliphatic rings. The summed E-state index contributed by atoms with van der Waals surface area (Å²) in [6, 6.07) is 1.75. The molecule has 64 heavy (non-hydrogen) atoms. The van der Waals surface area contributed by atoms with Crippen molar-refractivity contribution in [2.75, 3.05) is 6.61 Å². The molecule has 0 spiro atoms. The largest absolute Gasteiger partial charge is 0.737 e. The molecule has 1 aromatic heterocycles. The highest BCUT2D eigenvalue weighted by Gasteiger charge is 2.83. The number of aliphatic hydroxyl groups is 2. The summed E-state index contributed by atoms with van der Waals surface area (Å²) >= 11 is 0. The molecule has 7 rings (SSSR count). The predicted octanol–water partition coefficient (Wildman–Crippen LogP) is 10.8. The van der Waals surface area contributed by atoms with Crippen LogP contribution in [0.1, 0.15) is 181 Å². The number of rotatable bonds is 20. The van der Waals surface area contributed by atoms with Crippen molar-refractivity contribution < 1.29 is 47.2 Å². The number of allylic oxidation sites excluding steroid dienone is 3. The normalized spacial score (nSPS) is 30.7. The minimum atomic E-state index is -4.14. The summed E-state index contributed by atoms with van der Waals surface area (Å²) in [4.78, 5) is 41.1. The molecule has 2 fully saturated rings. The Morgan fingerprint density at radius 2 is 1.48 bits per heavy atom. The SMILES string of the molecule is CCCCCCCCCCCCCCCC(=O)O[C@@]12C[C@@H](C)[C@@]3(O)[C@@H](C=C(COC(=O)CCC4=C5C(C)=CC(C)=[N+]5[B-](F)(F)n5c(C)cc(C)c54)C[C@]4(O)C(=O)C(C)=C[C@@H]34)[C@@H]1C2(C)C. The third-order valence-electron chi connectivity index (χ3n) is 16.5. The van der Waals surface area contributed by atoms with Gasteiger partial charge in [-0.15, -0.1) is 0 Å². The molecule has 9 nitrogen and oxygen atoms in total. The van der Waals surface area contributed by atoms with Crippen molar-refractivity contribution in [1.29, 1.82) is 0 Å².